The van der Waals surface area contributed by atoms with Crippen LogP contribution in [0.3, 0.4) is 0 Å². The van der Waals surface area contributed by atoms with Crippen LogP contribution in [0.2, 0.25) is 0 Å². The number of aliphatic carboxylic acids is 2. The number of nitrogens with zero attached hydrogens (tertiary/aromatic N) is 1. The number of rotatable bonds is 3. The lowest BCUT2D eigenvalue weighted by Gasteiger charge is -2.29. The Morgan fingerprint density at radius 1 is 0.939 bits per heavy atom. The Morgan fingerprint density at radius 2 is 1.55 bits per heavy atom. The smallest absolute Gasteiger partial charge is 0.414 e. The summed E-state index contributed by atoms with van der Waals surface area (Å²) in [6, 6.07) is 16.8. The van der Waals surface area contributed by atoms with E-state index in [1.807, 2.05) is 13.0 Å². The lowest BCUT2D eigenvalue weighted by atomic mass is 9.86. The van der Waals surface area contributed by atoms with Crippen LogP contribution in [0.1, 0.15) is 36.5 Å². The lowest BCUT2D eigenvalue weighted by molar-refractivity contribution is -0.159. The van der Waals surface area contributed by atoms with Gasteiger partial charge in [0.2, 0.25) is 0 Å². The molecule has 0 atom stereocenters. The zero-order valence-electron chi connectivity index (χ0n) is 18.5. The molecular weight excluding hydrogens is 426 g/mol. The molecule has 1 fully saturated rings. The number of hydrogen-bond donors (Lipinski definition) is 2. The van der Waals surface area contributed by atoms with Gasteiger partial charge in [-0.05, 0) is 42.5 Å². The maximum atomic E-state index is 11.8. The largest absolute Gasteiger partial charge is 0.488 e. The number of esters is 1. The van der Waals surface area contributed by atoms with Crippen LogP contribution in [0, 0.1) is 0 Å². The van der Waals surface area contributed by atoms with Crippen molar-refractivity contribution in [2.24, 2.45) is 0 Å². The highest BCUT2D eigenvalue weighted by atomic mass is 16.5. The summed E-state index contributed by atoms with van der Waals surface area (Å²) >= 11 is 0. The van der Waals surface area contributed by atoms with Gasteiger partial charge in [-0.25, -0.2) is 9.59 Å². The Balaban J connectivity index is 0.000000454. The van der Waals surface area contributed by atoms with Crippen molar-refractivity contribution in [1.82, 2.24) is 4.90 Å². The SMILES string of the molecule is CCOC(=O)CN1CCC(=C2c3ccccc3COc3ccccc32)CC1.O=C(O)C(=O)O. The fourth-order valence-electron chi connectivity index (χ4n) is 3.99. The van der Waals surface area contributed by atoms with Gasteiger partial charge >= 0.3 is 17.9 Å². The summed E-state index contributed by atoms with van der Waals surface area (Å²) in [6.07, 6.45) is 1.91. The third kappa shape index (κ3) is 6.20. The van der Waals surface area contributed by atoms with Gasteiger partial charge < -0.3 is 19.7 Å². The molecule has 0 aliphatic carbocycles. The van der Waals surface area contributed by atoms with E-state index in [2.05, 4.69) is 47.4 Å². The molecule has 0 bridgehead atoms. The minimum absolute atomic E-state index is 0.132. The number of fused-ring (bicyclic) bond motifs is 2. The first-order valence-corrected chi connectivity index (χ1v) is 10.8. The van der Waals surface area contributed by atoms with Crippen molar-refractivity contribution in [3.8, 4) is 5.75 Å². The van der Waals surface area contributed by atoms with Crippen LogP contribution >= 0.6 is 0 Å². The van der Waals surface area contributed by atoms with Crippen molar-refractivity contribution in [3.63, 3.8) is 0 Å². The molecule has 0 saturated carbocycles. The van der Waals surface area contributed by atoms with Crippen molar-refractivity contribution in [3.05, 3.63) is 70.8 Å². The van der Waals surface area contributed by atoms with Gasteiger partial charge in [-0.2, -0.15) is 0 Å². The van der Waals surface area contributed by atoms with Crippen LogP contribution in [0.5, 0.6) is 5.75 Å². The summed E-state index contributed by atoms with van der Waals surface area (Å²) < 4.78 is 11.2. The Labute approximate surface area is 192 Å². The first-order valence-electron chi connectivity index (χ1n) is 10.8. The minimum Gasteiger partial charge on any atom is -0.488 e. The predicted octanol–water partition coefficient (Wildman–Crippen LogP) is 3.20. The minimum atomic E-state index is -1.82. The van der Waals surface area contributed by atoms with E-state index in [9.17, 15) is 4.79 Å². The Kier molecular flexibility index (Phi) is 8.21. The maximum absolute atomic E-state index is 11.8. The zero-order valence-corrected chi connectivity index (χ0v) is 18.5. The Morgan fingerprint density at radius 3 is 2.18 bits per heavy atom. The first-order chi connectivity index (χ1) is 15.9. The molecule has 174 valence electrons. The fraction of sp³-hybridized carbons (Fsp3) is 0.320. The van der Waals surface area contributed by atoms with Gasteiger partial charge in [0.25, 0.3) is 0 Å². The van der Waals surface area contributed by atoms with Gasteiger partial charge in [-0.3, -0.25) is 9.69 Å². The predicted molar refractivity (Wildman–Crippen MR) is 121 cm³/mol. The molecule has 2 aromatic carbocycles. The molecule has 2 aliphatic heterocycles. The molecule has 4 rings (SSSR count). The molecule has 0 aromatic heterocycles. The summed E-state index contributed by atoms with van der Waals surface area (Å²) in [6.45, 7) is 5.02. The average molecular weight is 453 g/mol. The van der Waals surface area contributed by atoms with E-state index in [1.165, 1.54) is 27.8 Å². The van der Waals surface area contributed by atoms with Crippen molar-refractivity contribution in [2.75, 3.05) is 26.2 Å². The quantitative estimate of drug-likeness (QED) is 0.538. The number of benzene rings is 2. The Hall–Kier alpha value is -3.65. The van der Waals surface area contributed by atoms with E-state index in [0.29, 0.717) is 19.8 Å². The van der Waals surface area contributed by atoms with E-state index in [4.69, 9.17) is 29.3 Å². The highest BCUT2D eigenvalue weighted by Crippen LogP contribution is 2.40. The summed E-state index contributed by atoms with van der Waals surface area (Å²) in [4.78, 5) is 32.2. The second-order valence-corrected chi connectivity index (χ2v) is 7.61. The molecule has 0 amide bonds. The van der Waals surface area contributed by atoms with Gasteiger partial charge in [0.1, 0.15) is 12.4 Å². The number of hydrogen-bond acceptors (Lipinski definition) is 6. The van der Waals surface area contributed by atoms with E-state index < -0.39 is 11.9 Å². The number of carboxylic acids is 2. The number of likely N-dealkylation sites (tertiary alicyclic amines) is 1. The van der Waals surface area contributed by atoms with Crippen LogP contribution in [0.25, 0.3) is 5.57 Å². The first kappa shape index (κ1) is 24.0. The number of carbonyl (C=O) groups is 3. The van der Waals surface area contributed by atoms with E-state index in [0.717, 1.165) is 31.7 Å². The maximum Gasteiger partial charge on any atom is 0.414 e. The molecule has 0 unspecified atom stereocenters. The van der Waals surface area contributed by atoms with Gasteiger partial charge in [-0.1, -0.05) is 48.0 Å². The van der Waals surface area contributed by atoms with E-state index >= 15 is 0 Å². The Bertz CT molecular complexity index is 989. The van der Waals surface area contributed by atoms with Crippen molar-refractivity contribution < 1.29 is 34.1 Å². The van der Waals surface area contributed by atoms with Crippen LogP contribution in [0.4, 0.5) is 0 Å². The van der Waals surface area contributed by atoms with Crippen molar-refractivity contribution in [1.29, 1.82) is 0 Å². The monoisotopic (exact) mass is 453 g/mol. The summed E-state index contributed by atoms with van der Waals surface area (Å²) in [5.41, 5.74) is 6.44. The van der Waals surface area contributed by atoms with Crippen LogP contribution in [-0.4, -0.2) is 59.3 Å². The molecule has 2 N–H and O–H groups in total. The number of carboxylic acid groups (broad SMARTS) is 2. The zero-order chi connectivity index (χ0) is 23.8. The van der Waals surface area contributed by atoms with Crippen LogP contribution in [0.15, 0.2) is 54.1 Å². The number of para-hydroxylation sites is 1. The standard InChI is InChI=1S/C23H25NO3.C2H2O4/c1-2-26-22(25)15-24-13-11-17(12-14-24)23-19-8-4-3-7-18(19)16-27-21-10-6-5-9-20(21)23;3-1(4)2(5)6/h3-10H,2,11-16H2,1H3;(H,3,4)(H,5,6). The third-order valence-electron chi connectivity index (χ3n) is 5.48. The van der Waals surface area contributed by atoms with Gasteiger partial charge in [0.15, 0.2) is 0 Å². The molecule has 1 saturated heterocycles. The molecule has 2 aliphatic rings. The van der Waals surface area contributed by atoms with E-state index in [1.54, 1.807) is 0 Å². The average Bonchev–Trinajstić information content (AvgIpc) is 2.97. The van der Waals surface area contributed by atoms with Crippen LogP contribution < -0.4 is 4.74 Å². The fourth-order valence-corrected chi connectivity index (χ4v) is 3.99. The molecule has 0 radical (unpaired) electrons. The molecule has 33 heavy (non-hydrogen) atoms. The highest BCUT2D eigenvalue weighted by Gasteiger charge is 2.25. The highest BCUT2D eigenvalue weighted by molar-refractivity contribution is 6.27. The second-order valence-electron chi connectivity index (χ2n) is 7.61. The summed E-state index contributed by atoms with van der Waals surface area (Å²) in [5.74, 6) is -2.83. The molecule has 2 aromatic rings. The van der Waals surface area contributed by atoms with E-state index in [-0.39, 0.29) is 5.97 Å². The molecule has 8 nitrogen and oxygen atoms in total. The number of carbonyl (C=O) groups excluding carboxylic acids is 1. The number of piperidine rings is 1. The molecule has 8 heteroatoms. The van der Waals surface area contributed by atoms with Crippen LogP contribution in [-0.2, 0) is 25.7 Å². The molecular formula is C25H27NO7. The summed E-state index contributed by atoms with van der Waals surface area (Å²) in [5, 5.41) is 14.8. The third-order valence-corrected chi connectivity index (χ3v) is 5.48. The lowest BCUT2D eigenvalue weighted by Crippen LogP contribution is -2.36. The number of ether oxygens (including phenoxy) is 2. The molecule has 2 heterocycles. The van der Waals surface area contributed by atoms with Crippen molar-refractivity contribution in [2.45, 2.75) is 26.4 Å². The van der Waals surface area contributed by atoms with Gasteiger partial charge in [-0.15, -0.1) is 0 Å². The topological polar surface area (TPSA) is 113 Å². The van der Waals surface area contributed by atoms with Crippen molar-refractivity contribution >= 4 is 23.5 Å². The normalized spacial score (nSPS) is 15.1. The second kappa shape index (κ2) is 11.3. The molecule has 0 spiro atoms. The van der Waals surface area contributed by atoms with Gasteiger partial charge in [0, 0.05) is 18.7 Å². The summed E-state index contributed by atoms with van der Waals surface area (Å²) in [7, 11) is 0. The van der Waals surface area contributed by atoms with Gasteiger partial charge in [0.05, 0.1) is 13.2 Å².